The van der Waals surface area contributed by atoms with Gasteiger partial charge in [0.1, 0.15) is 28.8 Å². The van der Waals surface area contributed by atoms with Crippen LogP contribution in [-0.2, 0) is 10.0 Å². The second-order valence-corrected chi connectivity index (χ2v) is 9.52. The first kappa shape index (κ1) is 23.3. The molecule has 0 amide bonds. The van der Waals surface area contributed by atoms with Crippen LogP contribution in [0.4, 0.5) is 18.9 Å². The van der Waals surface area contributed by atoms with Crippen LogP contribution in [0.25, 0.3) is 0 Å². The molecule has 1 heterocycles. The van der Waals surface area contributed by atoms with Crippen molar-refractivity contribution in [2.24, 2.45) is 5.73 Å². The zero-order valence-electron chi connectivity index (χ0n) is 16.6. The number of alkyl halides is 3. The molecular weight excluding hydrogens is 453 g/mol. The molecule has 2 aromatic carbocycles. The average Bonchev–Trinajstić information content (AvgIpc) is 2.69. The Bertz CT molecular complexity index is 1130. The van der Waals surface area contributed by atoms with Gasteiger partial charge in [-0.2, -0.15) is 25.5 Å². The van der Waals surface area contributed by atoms with Gasteiger partial charge in [-0.1, -0.05) is 35.9 Å². The first-order chi connectivity index (χ1) is 14.5. The van der Waals surface area contributed by atoms with E-state index in [1.807, 2.05) is 6.07 Å². The fourth-order valence-electron chi connectivity index (χ4n) is 3.50. The molecule has 2 N–H and O–H groups in total. The number of quaternary nitrogens is 1. The number of ether oxygens (including phenoxy) is 1. The zero-order valence-corrected chi connectivity index (χ0v) is 18.1. The molecule has 0 bridgehead atoms. The fourth-order valence-corrected chi connectivity index (χ4v) is 5.74. The lowest BCUT2D eigenvalue weighted by Crippen LogP contribution is -2.58. The Morgan fingerprint density at radius 2 is 1.87 bits per heavy atom. The summed E-state index contributed by atoms with van der Waals surface area (Å²) in [6, 6.07) is 11.7. The normalized spacial score (nSPS) is 19.2. The molecule has 2 aromatic rings. The van der Waals surface area contributed by atoms with E-state index in [1.165, 1.54) is 24.3 Å². The highest BCUT2D eigenvalue weighted by atomic mass is 35.5. The maximum Gasteiger partial charge on any atom is 0.408 e. The lowest BCUT2D eigenvalue weighted by molar-refractivity contribution is -0.106. The standard InChI is InChI=1S/C21H21ClF3N2O3S/c1-15-11-19(18(22)12-20(15)30-17-8-3-2-4-9-17)27(10-6-5-7-16(27)13-26)31(28,29)14-21(23,24)25/h2-9,11-12H,10,13-14,26H2,1H3/q+1. The first-order valence-corrected chi connectivity index (χ1v) is 11.3. The van der Waals surface area contributed by atoms with E-state index in [-0.39, 0.29) is 29.5 Å². The van der Waals surface area contributed by atoms with Crippen LogP contribution in [-0.4, -0.2) is 33.4 Å². The van der Waals surface area contributed by atoms with Crippen molar-refractivity contribution in [1.82, 2.24) is 3.89 Å². The van der Waals surface area contributed by atoms with Crippen LogP contribution >= 0.6 is 11.6 Å². The van der Waals surface area contributed by atoms with E-state index in [4.69, 9.17) is 22.1 Å². The van der Waals surface area contributed by atoms with Crippen molar-refractivity contribution >= 4 is 27.3 Å². The molecule has 0 saturated heterocycles. The van der Waals surface area contributed by atoms with Gasteiger partial charge in [0.25, 0.3) is 0 Å². The van der Waals surface area contributed by atoms with Gasteiger partial charge in [-0.3, -0.25) is 0 Å². The Balaban J connectivity index is 2.18. The van der Waals surface area contributed by atoms with Gasteiger partial charge in [-0.05, 0) is 36.8 Å². The summed E-state index contributed by atoms with van der Waals surface area (Å²) in [5.41, 5.74) is 6.35. The molecule has 0 aromatic heterocycles. The van der Waals surface area contributed by atoms with Crippen molar-refractivity contribution < 1.29 is 26.3 Å². The monoisotopic (exact) mass is 473 g/mol. The molecule has 31 heavy (non-hydrogen) atoms. The quantitative estimate of drug-likeness (QED) is 0.596. The summed E-state index contributed by atoms with van der Waals surface area (Å²) in [5.74, 6) is -1.12. The molecule has 1 atom stereocenters. The van der Waals surface area contributed by atoms with Gasteiger partial charge in [0.05, 0.1) is 6.54 Å². The molecule has 0 radical (unpaired) electrons. The topological polar surface area (TPSA) is 69.4 Å². The van der Waals surface area contributed by atoms with E-state index in [9.17, 15) is 21.6 Å². The second kappa shape index (κ2) is 8.66. The number of para-hydroxylation sites is 1. The van der Waals surface area contributed by atoms with Crippen molar-refractivity contribution in [3.63, 3.8) is 0 Å². The molecular formula is C21H21ClF3N2O3S+. The van der Waals surface area contributed by atoms with Gasteiger partial charge in [0.2, 0.25) is 0 Å². The van der Waals surface area contributed by atoms with Gasteiger partial charge in [-0.25, -0.2) is 0 Å². The summed E-state index contributed by atoms with van der Waals surface area (Å²) in [6.45, 7) is 1.13. The molecule has 0 fully saturated rings. The van der Waals surface area contributed by atoms with E-state index in [1.54, 1.807) is 37.3 Å². The number of nitrogens with zero attached hydrogens (tertiary/aromatic N) is 1. The van der Waals surface area contributed by atoms with Gasteiger partial charge < -0.3 is 10.5 Å². The van der Waals surface area contributed by atoms with E-state index < -0.39 is 25.8 Å². The average molecular weight is 474 g/mol. The summed E-state index contributed by atoms with van der Waals surface area (Å²) in [7, 11) is -4.84. The Hall–Kier alpha value is -2.33. The third-order valence-corrected chi connectivity index (χ3v) is 7.41. The fraction of sp³-hybridized carbons (Fsp3) is 0.238. The lowest BCUT2D eigenvalue weighted by atomic mass is 10.1. The summed E-state index contributed by atoms with van der Waals surface area (Å²) in [6.07, 6.45) is -0.469. The van der Waals surface area contributed by atoms with Crippen molar-refractivity contribution in [3.8, 4) is 11.5 Å². The maximum atomic E-state index is 13.2. The van der Waals surface area contributed by atoms with Crippen molar-refractivity contribution in [1.29, 1.82) is 0 Å². The number of allylic oxidation sites excluding steroid dienone is 2. The predicted octanol–water partition coefficient (Wildman–Crippen LogP) is 5.05. The molecule has 1 aliphatic rings. The SMILES string of the molecule is Cc1cc([N+]2(S(=O)(=O)CC(F)(F)F)CC=CC=C2CN)c(Cl)cc1Oc1ccccc1. The molecule has 0 spiro atoms. The summed E-state index contributed by atoms with van der Waals surface area (Å²) in [5, 5.41) is -0.0445. The number of nitrogens with two attached hydrogens (primary N) is 1. The van der Waals surface area contributed by atoms with Crippen LogP contribution in [0.2, 0.25) is 5.02 Å². The van der Waals surface area contributed by atoms with Gasteiger partial charge >= 0.3 is 16.2 Å². The van der Waals surface area contributed by atoms with Crippen LogP contribution < -0.4 is 14.4 Å². The number of rotatable bonds is 6. The van der Waals surface area contributed by atoms with Crippen LogP contribution in [0.15, 0.2) is 66.4 Å². The Morgan fingerprint density at radius 1 is 1.19 bits per heavy atom. The van der Waals surface area contributed by atoms with E-state index >= 15 is 0 Å². The van der Waals surface area contributed by atoms with Gasteiger partial charge in [0.15, 0.2) is 11.4 Å². The third kappa shape index (κ3) is 4.64. The number of halogens is 4. The largest absolute Gasteiger partial charge is 0.457 e. The molecule has 1 unspecified atom stereocenters. The van der Waals surface area contributed by atoms with Crippen LogP contribution in [0.1, 0.15) is 5.56 Å². The minimum absolute atomic E-state index is 0.00937. The van der Waals surface area contributed by atoms with Gasteiger partial charge in [-0.15, -0.1) is 0 Å². The first-order valence-electron chi connectivity index (χ1n) is 9.28. The van der Waals surface area contributed by atoms with Crippen molar-refractivity contribution in [3.05, 3.63) is 77.0 Å². The number of hydrogen-bond donors (Lipinski definition) is 1. The molecule has 3 rings (SSSR count). The highest BCUT2D eigenvalue weighted by Crippen LogP contribution is 2.44. The number of aryl methyl sites for hydroxylation is 1. The van der Waals surface area contributed by atoms with E-state index in [2.05, 4.69) is 0 Å². The molecule has 166 valence electrons. The lowest BCUT2D eigenvalue weighted by Gasteiger charge is -2.38. The van der Waals surface area contributed by atoms with Crippen LogP contribution in [0, 0.1) is 6.92 Å². The molecule has 1 aliphatic heterocycles. The highest BCUT2D eigenvalue weighted by Gasteiger charge is 2.53. The Morgan fingerprint density at radius 3 is 2.48 bits per heavy atom. The number of benzene rings is 2. The van der Waals surface area contributed by atoms with Gasteiger partial charge in [0, 0.05) is 12.1 Å². The highest BCUT2D eigenvalue weighted by molar-refractivity contribution is 7.91. The summed E-state index contributed by atoms with van der Waals surface area (Å²) < 4.78 is 70.6. The maximum absolute atomic E-state index is 13.2. The molecule has 0 saturated carbocycles. The molecule has 10 heteroatoms. The Labute approximate surface area is 183 Å². The minimum Gasteiger partial charge on any atom is -0.457 e. The van der Waals surface area contributed by atoms with E-state index in [0.29, 0.717) is 17.1 Å². The number of sulfonamides is 1. The van der Waals surface area contributed by atoms with Crippen molar-refractivity contribution in [2.75, 3.05) is 18.8 Å². The predicted molar refractivity (Wildman–Crippen MR) is 115 cm³/mol. The molecule has 0 aliphatic carbocycles. The summed E-state index contributed by atoms with van der Waals surface area (Å²) >= 11 is 6.46. The second-order valence-electron chi connectivity index (χ2n) is 7.04. The van der Waals surface area contributed by atoms with Crippen LogP contribution in [0.5, 0.6) is 11.5 Å². The Kier molecular flexibility index (Phi) is 6.52. The smallest absolute Gasteiger partial charge is 0.408 e. The minimum atomic E-state index is -4.93. The summed E-state index contributed by atoms with van der Waals surface area (Å²) in [4.78, 5) is 0. The molecule has 5 nitrogen and oxygen atoms in total. The number of hydrogen-bond acceptors (Lipinski definition) is 4. The van der Waals surface area contributed by atoms with E-state index in [0.717, 1.165) is 0 Å². The third-order valence-electron chi connectivity index (χ3n) is 4.89. The van der Waals surface area contributed by atoms with Crippen LogP contribution in [0.3, 0.4) is 0 Å². The zero-order chi connectivity index (χ0) is 22.9. The van der Waals surface area contributed by atoms with Crippen molar-refractivity contribution in [2.45, 2.75) is 13.1 Å².